The highest BCUT2D eigenvalue weighted by molar-refractivity contribution is 6.11. The van der Waals surface area contributed by atoms with E-state index >= 15 is 0 Å². The summed E-state index contributed by atoms with van der Waals surface area (Å²) < 4.78 is 4.46. The standard InChI is InChI=1S/C45H25N5/c1-48-34-17-20-36(45(26-34)50-41-11-4-2-9-37(41)38-10-3-5-12-42(38)50)33-8-6-7-32(25-33)31-15-18-35(19-16-31)49-43-21-13-29(27-46)23-39(43)40-24-30(28-47)14-22-44(40)49/h2-26H. The first-order valence-electron chi connectivity index (χ1n) is 16.2. The van der Waals surface area contributed by atoms with Gasteiger partial charge >= 0.3 is 0 Å². The van der Waals surface area contributed by atoms with Gasteiger partial charge in [-0.1, -0.05) is 78.9 Å². The molecule has 0 atom stereocenters. The van der Waals surface area contributed by atoms with E-state index in [4.69, 9.17) is 6.57 Å². The Hall–Kier alpha value is -7.39. The maximum atomic E-state index is 9.57. The van der Waals surface area contributed by atoms with E-state index in [0.717, 1.165) is 66.5 Å². The van der Waals surface area contributed by atoms with Crippen LogP contribution < -0.4 is 0 Å². The molecule has 0 spiro atoms. The Kier molecular flexibility index (Phi) is 6.56. The number of para-hydroxylation sites is 2. The molecule has 0 aliphatic rings. The summed E-state index contributed by atoms with van der Waals surface area (Å²) in [6, 6.07) is 55.8. The minimum Gasteiger partial charge on any atom is -0.310 e. The van der Waals surface area contributed by atoms with Crippen molar-refractivity contribution in [1.29, 1.82) is 10.5 Å². The van der Waals surface area contributed by atoms with Crippen LogP contribution in [0.1, 0.15) is 11.1 Å². The summed E-state index contributed by atoms with van der Waals surface area (Å²) in [6.45, 7) is 7.80. The number of benzene rings is 7. The molecule has 5 nitrogen and oxygen atoms in total. The van der Waals surface area contributed by atoms with Crippen LogP contribution in [0.4, 0.5) is 5.69 Å². The first-order chi connectivity index (χ1) is 24.6. The Morgan fingerprint density at radius 2 is 1.04 bits per heavy atom. The quantitative estimate of drug-likeness (QED) is 0.181. The fourth-order valence-corrected chi connectivity index (χ4v) is 7.31. The Bertz CT molecular complexity index is 2830. The fraction of sp³-hybridized carbons (Fsp3) is 0. The number of hydrogen-bond donors (Lipinski definition) is 0. The molecule has 0 bridgehead atoms. The van der Waals surface area contributed by atoms with E-state index in [1.54, 1.807) is 0 Å². The lowest BCUT2D eigenvalue weighted by Gasteiger charge is -2.16. The van der Waals surface area contributed by atoms with Gasteiger partial charge in [0.2, 0.25) is 0 Å². The van der Waals surface area contributed by atoms with Gasteiger partial charge in [0, 0.05) is 38.5 Å². The second kappa shape index (κ2) is 11.4. The molecule has 2 heterocycles. The molecule has 0 radical (unpaired) electrons. The van der Waals surface area contributed by atoms with Crippen molar-refractivity contribution in [2.45, 2.75) is 0 Å². The van der Waals surface area contributed by atoms with Crippen molar-refractivity contribution in [2.24, 2.45) is 0 Å². The number of nitrogens with zero attached hydrogens (tertiary/aromatic N) is 5. The third-order valence-electron chi connectivity index (χ3n) is 9.59. The van der Waals surface area contributed by atoms with Gasteiger partial charge in [-0.15, -0.1) is 0 Å². The Labute approximate surface area is 288 Å². The van der Waals surface area contributed by atoms with Crippen LogP contribution in [0.3, 0.4) is 0 Å². The van der Waals surface area contributed by atoms with Crippen LogP contribution in [0, 0.1) is 29.2 Å². The highest BCUT2D eigenvalue weighted by Crippen LogP contribution is 2.39. The molecule has 0 saturated heterocycles. The van der Waals surface area contributed by atoms with Crippen LogP contribution in [0.25, 0.3) is 82.1 Å². The summed E-state index contributed by atoms with van der Waals surface area (Å²) in [4.78, 5) is 3.79. The lowest BCUT2D eigenvalue weighted by atomic mass is 9.97. The molecule has 2 aromatic heterocycles. The smallest absolute Gasteiger partial charge is 0.189 e. The molecule has 0 amide bonds. The first kappa shape index (κ1) is 28.8. The van der Waals surface area contributed by atoms with Gasteiger partial charge in [-0.05, 0) is 89.5 Å². The molecule has 9 aromatic rings. The summed E-state index contributed by atoms with van der Waals surface area (Å²) in [6.07, 6.45) is 0. The molecule has 0 saturated carbocycles. The van der Waals surface area contributed by atoms with E-state index in [2.05, 4.69) is 129 Å². The molecule has 50 heavy (non-hydrogen) atoms. The first-order valence-corrected chi connectivity index (χ1v) is 16.2. The fourth-order valence-electron chi connectivity index (χ4n) is 7.31. The highest BCUT2D eigenvalue weighted by atomic mass is 15.0. The van der Waals surface area contributed by atoms with Gasteiger partial charge in [0.25, 0.3) is 0 Å². The van der Waals surface area contributed by atoms with Gasteiger partial charge in [-0.3, -0.25) is 0 Å². The van der Waals surface area contributed by atoms with Crippen molar-refractivity contribution < 1.29 is 0 Å². The van der Waals surface area contributed by atoms with Gasteiger partial charge < -0.3 is 9.13 Å². The minimum absolute atomic E-state index is 0.583. The van der Waals surface area contributed by atoms with Crippen molar-refractivity contribution in [3.8, 4) is 45.8 Å². The number of nitriles is 2. The second-order valence-electron chi connectivity index (χ2n) is 12.3. The summed E-state index contributed by atoms with van der Waals surface area (Å²) in [5.41, 5.74) is 12.1. The number of hydrogen-bond acceptors (Lipinski definition) is 2. The van der Waals surface area contributed by atoms with Crippen molar-refractivity contribution in [1.82, 2.24) is 9.13 Å². The molecule has 0 N–H and O–H groups in total. The molecule has 7 aromatic carbocycles. The van der Waals surface area contributed by atoms with E-state index in [9.17, 15) is 10.5 Å². The highest BCUT2D eigenvalue weighted by Gasteiger charge is 2.17. The van der Waals surface area contributed by atoms with Gasteiger partial charge in [0.1, 0.15) is 0 Å². The van der Waals surface area contributed by atoms with E-state index in [1.807, 2.05) is 48.5 Å². The molecular weight excluding hydrogens is 611 g/mol. The van der Waals surface area contributed by atoms with Crippen molar-refractivity contribution in [3.63, 3.8) is 0 Å². The van der Waals surface area contributed by atoms with Crippen molar-refractivity contribution in [2.75, 3.05) is 0 Å². The van der Waals surface area contributed by atoms with Crippen LogP contribution >= 0.6 is 0 Å². The van der Waals surface area contributed by atoms with Gasteiger partial charge in [0.15, 0.2) is 5.69 Å². The average Bonchev–Trinajstić information content (AvgIpc) is 3.69. The molecule has 0 fully saturated rings. The summed E-state index contributed by atoms with van der Waals surface area (Å²) in [5, 5.41) is 23.4. The summed E-state index contributed by atoms with van der Waals surface area (Å²) >= 11 is 0. The average molecular weight is 636 g/mol. The van der Waals surface area contributed by atoms with Gasteiger partial charge in [0.05, 0.1) is 51.9 Å². The largest absolute Gasteiger partial charge is 0.310 e. The van der Waals surface area contributed by atoms with Crippen molar-refractivity contribution in [3.05, 3.63) is 174 Å². The van der Waals surface area contributed by atoms with E-state index in [0.29, 0.717) is 16.8 Å². The monoisotopic (exact) mass is 635 g/mol. The van der Waals surface area contributed by atoms with E-state index in [-0.39, 0.29) is 0 Å². The molecule has 0 aliphatic carbocycles. The number of aromatic nitrogens is 2. The topological polar surface area (TPSA) is 61.8 Å². The van der Waals surface area contributed by atoms with Gasteiger partial charge in [-0.25, -0.2) is 4.85 Å². The predicted molar refractivity (Wildman–Crippen MR) is 202 cm³/mol. The Balaban J connectivity index is 1.16. The van der Waals surface area contributed by atoms with Crippen LogP contribution in [0.5, 0.6) is 0 Å². The summed E-state index contributed by atoms with van der Waals surface area (Å²) in [7, 11) is 0. The SMILES string of the molecule is [C-]#[N+]c1ccc(-c2cccc(-c3ccc(-n4c5ccc(C#N)cc5c5cc(C#N)ccc54)cc3)c2)c(-n2c3ccccc3c3ccccc32)c1. The molecule has 5 heteroatoms. The molecule has 230 valence electrons. The zero-order valence-electron chi connectivity index (χ0n) is 26.7. The van der Waals surface area contributed by atoms with Crippen LogP contribution in [-0.4, -0.2) is 9.13 Å². The third-order valence-corrected chi connectivity index (χ3v) is 9.59. The van der Waals surface area contributed by atoms with Crippen molar-refractivity contribution >= 4 is 49.3 Å². The maximum absolute atomic E-state index is 9.57. The minimum atomic E-state index is 0.583. The normalized spacial score (nSPS) is 11.1. The molecule has 0 unspecified atom stereocenters. The third kappa shape index (κ3) is 4.45. The maximum Gasteiger partial charge on any atom is 0.189 e. The van der Waals surface area contributed by atoms with Crippen LogP contribution in [0.15, 0.2) is 152 Å². The van der Waals surface area contributed by atoms with E-state index in [1.165, 1.54) is 10.8 Å². The number of rotatable bonds is 4. The lowest BCUT2D eigenvalue weighted by Crippen LogP contribution is -1.97. The number of fused-ring (bicyclic) bond motifs is 6. The zero-order chi connectivity index (χ0) is 33.8. The van der Waals surface area contributed by atoms with Crippen LogP contribution in [0.2, 0.25) is 0 Å². The Morgan fingerprint density at radius 1 is 0.460 bits per heavy atom. The lowest BCUT2D eigenvalue weighted by molar-refractivity contribution is 1.18. The zero-order valence-corrected chi connectivity index (χ0v) is 26.7. The van der Waals surface area contributed by atoms with Crippen LogP contribution in [-0.2, 0) is 0 Å². The molecular formula is C45H25N5. The van der Waals surface area contributed by atoms with Gasteiger partial charge in [-0.2, -0.15) is 10.5 Å². The summed E-state index contributed by atoms with van der Waals surface area (Å²) in [5.74, 6) is 0. The molecule has 9 rings (SSSR count). The molecule has 0 aliphatic heterocycles. The second-order valence-corrected chi connectivity index (χ2v) is 12.3. The van der Waals surface area contributed by atoms with E-state index < -0.39 is 0 Å². The Morgan fingerprint density at radius 3 is 1.64 bits per heavy atom. The predicted octanol–water partition coefficient (Wildman–Crippen LogP) is 11.5.